The van der Waals surface area contributed by atoms with Gasteiger partial charge in [-0.2, -0.15) is 23.5 Å². The van der Waals surface area contributed by atoms with E-state index >= 15 is 0 Å². The minimum Gasteiger partial charge on any atom is -0.474 e. The number of aliphatic hydroxyl groups is 1. The number of pyridine rings is 1. The third kappa shape index (κ3) is 5.01. The number of nitrogens with one attached hydrogen (secondary N) is 1. The Morgan fingerprint density at radius 3 is 2.67 bits per heavy atom. The van der Waals surface area contributed by atoms with Gasteiger partial charge in [-0.15, -0.1) is 0 Å². The maximum absolute atomic E-state index is 13.5. The maximum Gasteiger partial charge on any atom is 0.433 e. The van der Waals surface area contributed by atoms with Crippen LogP contribution in [0.2, 0.25) is 0 Å². The second-order valence-electron chi connectivity index (χ2n) is 11.7. The van der Waals surface area contributed by atoms with Gasteiger partial charge in [0.05, 0.1) is 43.1 Å². The minimum atomic E-state index is -4.67. The SMILES string of the molecule is N#CCC1(n2cc(-c3ncnc4[nH]ccc34)cn2)CC(N2CCC(Oc3cc(C4(O)COC4)cc(C(F)(F)F)n3)CC2)C1. The number of nitriles is 1. The van der Waals surface area contributed by atoms with Crippen LogP contribution in [0.4, 0.5) is 13.2 Å². The zero-order chi connectivity index (χ0) is 29.8. The molecule has 2 saturated heterocycles. The van der Waals surface area contributed by atoms with Gasteiger partial charge in [0.2, 0.25) is 5.88 Å². The first-order chi connectivity index (χ1) is 20.7. The molecule has 4 aromatic heterocycles. The first kappa shape index (κ1) is 27.8. The van der Waals surface area contributed by atoms with Crippen molar-refractivity contribution >= 4 is 11.0 Å². The summed E-state index contributed by atoms with van der Waals surface area (Å²) in [5.41, 5.74) is -0.512. The van der Waals surface area contributed by atoms with Crippen LogP contribution in [-0.4, -0.2) is 78.2 Å². The van der Waals surface area contributed by atoms with Crippen molar-refractivity contribution in [1.82, 2.24) is 34.6 Å². The normalized spacial score (nSPS) is 24.3. The molecule has 4 aromatic rings. The third-order valence-electron chi connectivity index (χ3n) is 8.93. The Hall–Kier alpha value is -4.06. The molecule has 0 spiro atoms. The number of H-pyrrole nitrogens is 1. The summed E-state index contributed by atoms with van der Waals surface area (Å²) in [7, 11) is 0. The number of nitrogens with zero attached hydrogens (tertiary/aromatic N) is 7. The van der Waals surface area contributed by atoms with E-state index in [4.69, 9.17) is 9.47 Å². The standard InChI is InChI=1S/C29H29F3N8O3/c30-29(31,32)23-9-19(28(41)15-42-16-28)10-24(38-23)43-21-2-7-39(8-3-21)20-11-27(12-20,4-5-33)40-14-18(13-37-40)25-22-1-6-34-26(22)36-17-35-25/h1,6,9-10,13-14,17,20-21,41H,2-4,7-8,11-12,15-16H2,(H,34,35,36). The van der Waals surface area contributed by atoms with Crippen LogP contribution in [0.15, 0.2) is 43.1 Å². The number of rotatable bonds is 7. The maximum atomic E-state index is 13.5. The first-order valence-corrected chi connectivity index (χ1v) is 14.2. The molecule has 11 nitrogen and oxygen atoms in total. The Balaban J connectivity index is 1.00. The molecular weight excluding hydrogens is 565 g/mol. The summed E-state index contributed by atoms with van der Waals surface area (Å²) >= 11 is 0. The Morgan fingerprint density at radius 1 is 1.19 bits per heavy atom. The van der Waals surface area contributed by atoms with E-state index in [1.165, 1.54) is 12.4 Å². The molecule has 0 unspecified atom stereocenters. The lowest BCUT2D eigenvalue weighted by Crippen LogP contribution is -2.58. The Bertz CT molecular complexity index is 1680. The highest BCUT2D eigenvalue weighted by Gasteiger charge is 2.49. The van der Waals surface area contributed by atoms with Gasteiger partial charge in [0.25, 0.3) is 0 Å². The van der Waals surface area contributed by atoms with Gasteiger partial charge in [0.15, 0.2) is 0 Å². The van der Waals surface area contributed by atoms with Crippen LogP contribution in [-0.2, 0) is 22.1 Å². The summed E-state index contributed by atoms with van der Waals surface area (Å²) in [6.07, 6.45) is 5.16. The second-order valence-corrected chi connectivity index (χ2v) is 11.7. The van der Waals surface area contributed by atoms with Crippen molar-refractivity contribution in [2.75, 3.05) is 26.3 Å². The van der Waals surface area contributed by atoms with Crippen LogP contribution in [0.5, 0.6) is 5.88 Å². The molecule has 14 heteroatoms. The molecule has 2 aliphatic heterocycles. The average molecular weight is 595 g/mol. The molecule has 2 N–H and O–H groups in total. The smallest absolute Gasteiger partial charge is 0.433 e. The molecule has 224 valence electrons. The van der Waals surface area contributed by atoms with Crippen molar-refractivity contribution in [3.63, 3.8) is 0 Å². The number of likely N-dealkylation sites (tertiary alicyclic amines) is 1. The van der Waals surface area contributed by atoms with Gasteiger partial charge < -0.3 is 19.6 Å². The molecule has 3 aliphatic rings. The van der Waals surface area contributed by atoms with Gasteiger partial charge in [-0.3, -0.25) is 9.58 Å². The second kappa shape index (κ2) is 10.3. The van der Waals surface area contributed by atoms with E-state index in [1.807, 2.05) is 23.1 Å². The lowest BCUT2D eigenvalue weighted by atomic mass is 9.69. The fourth-order valence-electron chi connectivity index (χ4n) is 6.41. The highest BCUT2D eigenvalue weighted by atomic mass is 19.4. The molecule has 0 radical (unpaired) electrons. The predicted molar refractivity (Wildman–Crippen MR) is 146 cm³/mol. The molecule has 1 aliphatic carbocycles. The summed E-state index contributed by atoms with van der Waals surface area (Å²) in [6.45, 7) is 1.27. The number of ether oxygens (including phenoxy) is 2. The summed E-state index contributed by atoms with van der Waals surface area (Å²) < 4.78 is 53.4. The van der Waals surface area contributed by atoms with Crippen molar-refractivity contribution in [1.29, 1.82) is 5.26 Å². The van der Waals surface area contributed by atoms with Crippen molar-refractivity contribution < 1.29 is 27.8 Å². The van der Waals surface area contributed by atoms with E-state index in [0.717, 1.165) is 41.2 Å². The van der Waals surface area contributed by atoms with E-state index in [1.54, 1.807) is 6.20 Å². The van der Waals surface area contributed by atoms with E-state index in [9.17, 15) is 23.5 Å². The molecule has 0 aromatic carbocycles. The molecule has 43 heavy (non-hydrogen) atoms. The summed E-state index contributed by atoms with van der Waals surface area (Å²) in [5, 5.41) is 25.8. The van der Waals surface area contributed by atoms with Crippen LogP contribution in [0.25, 0.3) is 22.3 Å². The fraction of sp³-hybridized carbons (Fsp3) is 0.483. The van der Waals surface area contributed by atoms with E-state index in [-0.39, 0.29) is 36.8 Å². The molecule has 0 amide bonds. The lowest BCUT2D eigenvalue weighted by molar-refractivity contribution is -0.185. The number of alkyl halides is 3. The van der Waals surface area contributed by atoms with Crippen molar-refractivity contribution in [2.24, 2.45) is 0 Å². The quantitative estimate of drug-likeness (QED) is 0.328. The Kier molecular flexibility index (Phi) is 6.64. The van der Waals surface area contributed by atoms with Gasteiger partial charge >= 0.3 is 6.18 Å². The van der Waals surface area contributed by atoms with Crippen LogP contribution < -0.4 is 4.74 Å². The fourth-order valence-corrected chi connectivity index (χ4v) is 6.41. The topological polar surface area (TPSA) is 138 Å². The molecule has 6 heterocycles. The van der Waals surface area contributed by atoms with Gasteiger partial charge in [-0.05, 0) is 43.4 Å². The third-order valence-corrected chi connectivity index (χ3v) is 8.93. The van der Waals surface area contributed by atoms with Crippen LogP contribution in [0, 0.1) is 11.3 Å². The molecule has 0 atom stereocenters. The minimum absolute atomic E-state index is 0.0713. The molecule has 3 fully saturated rings. The van der Waals surface area contributed by atoms with Gasteiger partial charge in [0, 0.05) is 48.5 Å². The molecule has 7 rings (SSSR count). The number of fused-ring (bicyclic) bond motifs is 1. The zero-order valence-corrected chi connectivity index (χ0v) is 23.1. The van der Waals surface area contributed by atoms with E-state index in [0.29, 0.717) is 32.4 Å². The van der Waals surface area contributed by atoms with Crippen molar-refractivity contribution in [2.45, 2.75) is 61.6 Å². The predicted octanol–water partition coefficient (Wildman–Crippen LogP) is 3.77. The van der Waals surface area contributed by atoms with Crippen LogP contribution >= 0.6 is 0 Å². The molecule has 0 bridgehead atoms. The number of piperidine rings is 1. The summed E-state index contributed by atoms with van der Waals surface area (Å²) in [4.78, 5) is 17.8. The summed E-state index contributed by atoms with van der Waals surface area (Å²) in [6, 6.07) is 6.76. The zero-order valence-electron chi connectivity index (χ0n) is 23.1. The molecule has 1 saturated carbocycles. The largest absolute Gasteiger partial charge is 0.474 e. The van der Waals surface area contributed by atoms with Gasteiger partial charge in [-0.1, -0.05) is 0 Å². The highest BCUT2D eigenvalue weighted by Crippen LogP contribution is 2.46. The van der Waals surface area contributed by atoms with E-state index in [2.05, 4.69) is 36.0 Å². The average Bonchev–Trinajstić information content (AvgIpc) is 3.64. The Labute approximate surface area is 244 Å². The monoisotopic (exact) mass is 594 g/mol. The first-order valence-electron chi connectivity index (χ1n) is 14.2. The number of hydrogen-bond donors (Lipinski definition) is 2. The number of aromatic nitrogens is 6. The highest BCUT2D eigenvalue weighted by molar-refractivity contribution is 5.90. The van der Waals surface area contributed by atoms with Crippen LogP contribution in [0.3, 0.4) is 0 Å². The summed E-state index contributed by atoms with van der Waals surface area (Å²) in [5.74, 6) is -0.143. The van der Waals surface area contributed by atoms with Crippen molar-refractivity contribution in [3.8, 4) is 23.2 Å². The van der Waals surface area contributed by atoms with Crippen molar-refractivity contribution in [3.05, 3.63) is 54.4 Å². The van der Waals surface area contributed by atoms with Crippen LogP contribution in [0.1, 0.15) is 43.4 Å². The van der Waals surface area contributed by atoms with Gasteiger partial charge in [0.1, 0.15) is 29.4 Å². The number of aromatic amines is 1. The lowest BCUT2D eigenvalue weighted by Gasteiger charge is -2.52. The van der Waals surface area contributed by atoms with E-state index < -0.39 is 23.0 Å². The Morgan fingerprint density at radius 2 is 1.98 bits per heavy atom. The number of halogens is 3. The molecular formula is C29H29F3N8O3. The van der Waals surface area contributed by atoms with Gasteiger partial charge in [-0.25, -0.2) is 15.0 Å². The number of hydrogen-bond acceptors (Lipinski definition) is 9.